The second-order valence-electron chi connectivity index (χ2n) is 7.13. The standard InChI is InChI=1S/C23H19N3OS2/c1-14-5-7-15(8-6-14)21-12-19-20(28-21)10-9-16-13-24-23(26-22(16)19)25-17-3-2-4-18(11-17)29-27/h2-8,11-13,27H,9-10H2,1H3,(H,24,25,26). The van der Waals surface area contributed by atoms with E-state index < -0.39 is 0 Å². The monoisotopic (exact) mass is 417 g/mol. The highest BCUT2D eigenvalue weighted by atomic mass is 32.2. The van der Waals surface area contributed by atoms with Crippen LogP contribution in [0.25, 0.3) is 21.7 Å². The number of benzene rings is 2. The van der Waals surface area contributed by atoms with Crippen LogP contribution in [-0.2, 0) is 12.8 Å². The van der Waals surface area contributed by atoms with Crippen LogP contribution in [0.2, 0.25) is 0 Å². The van der Waals surface area contributed by atoms with Gasteiger partial charge in [-0.15, -0.1) is 11.3 Å². The number of aromatic nitrogens is 2. The van der Waals surface area contributed by atoms with Gasteiger partial charge in [0.25, 0.3) is 0 Å². The zero-order valence-corrected chi connectivity index (χ0v) is 17.5. The third-order valence-electron chi connectivity index (χ3n) is 5.08. The van der Waals surface area contributed by atoms with Gasteiger partial charge in [-0.25, -0.2) is 9.97 Å². The molecule has 0 atom stereocenters. The lowest BCUT2D eigenvalue weighted by Gasteiger charge is -2.16. The van der Waals surface area contributed by atoms with Gasteiger partial charge in [-0.3, -0.25) is 0 Å². The SMILES string of the molecule is Cc1ccc(-c2cc3c(s2)CCc2cnc(Nc4cccc(SO)c4)nc2-3)cc1. The molecule has 2 N–H and O–H groups in total. The number of nitrogens with one attached hydrogen (secondary N) is 1. The lowest BCUT2D eigenvalue weighted by Crippen LogP contribution is -2.06. The first-order chi connectivity index (χ1) is 14.2. The van der Waals surface area contributed by atoms with E-state index in [9.17, 15) is 4.55 Å². The number of thiophene rings is 1. The van der Waals surface area contributed by atoms with E-state index in [1.54, 1.807) is 0 Å². The van der Waals surface area contributed by atoms with Crippen LogP contribution in [0, 0.1) is 6.92 Å². The van der Waals surface area contributed by atoms with Crippen LogP contribution < -0.4 is 5.32 Å². The van der Waals surface area contributed by atoms with E-state index in [-0.39, 0.29) is 0 Å². The van der Waals surface area contributed by atoms with Crippen LogP contribution in [0.3, 0.4) is 0 Å². The average Bonchev–Trinajstić information content (AvgIpc) is 3.19. The molecule has 2 aromatic carbocycles. The minimum absolute atomic E-state index is 0.569. The quantitative estimate of drug-likeness (QED) is 0.367. The van der Waals surface area contributed by atoms with Gasteiger partial charge in [0, 0.05) is 44.1 Å². The number of hydrogen-bond donors (Lipinski definition) is 2. The molecule has 0 fully saturated rings. The Bertz CT molecular complexity index is 1190. The molecule has 0 radical (unpaired) electrons. The number of nitrogens with zero attached hydrogens (tertiary/aromatic N) is 2. The molecule has 2 aromatic heterocycles. The van der Waals surface area contributed by atoms with E-state index in [0.29, 0.717) is 5.95 Å². The minimum atomic E-state index is 0.569. The van der Waals surface area contributed by atoms with Crippen LogP contribution in [0.1, 0.15) is 16.0 Å². The second-order valence-corrected chi connectivity index (χ2v) is 8.92. The molecule has 2 heterocycles. The predicted molar refractivity (Wildman–Crippen MR) is 121 cm³/mol. The van der Waals surface area contributed by atoms with Gasteiger partial charge in [-0.2, -0.15) is 0 Å². The summed E-state index contributed by atoms with van der Waals surface area (Å²) in [5.74, 6) is 0.569. The minimum Gasteiger partial charge on any atom is -0.325 e. The Morgan fingerprint density at radius 3 is 2.76 bits per heavy atom. The maximum atomic E-state index is 9.27. The fraction of sp³-hybridized carbons (Fsp3) is 0.130. The maximum absolute atomic E-state index is 9.27. The van der Waals surface area contributed by atoms with Gasteiger partial charge in [0.2, 0.25) is 5.95 Å². The first kappa shape index (κ1) is 18.4. The molecule has 0 amide bonds. The summed E-state index contributed by atoms with van der Waals surface area (Å²) < 4.78 is 9.27. The highest BCUT2D eigenvalue weighted by Crippen LogP contribution is 2.41. The summed E-state index contributed by atoms with van der Waals surface area (Å²) in [6.45, 7) is 2.11. The lowest BCUT2D eigenvalue weighted by molar-refractivity contribution is 0.664. The van der Waals surface area contributed by atoms with E-state index in [2.05, 4.69) is 47.6 Å². The van der Waals surface area contributed by atoms with Crippen LogP contribution in [0.5, 0.6) is 0 Å². The molecule has 5 rings (SSSR count). The molecule has 0 spiro atoms. The molecule has 0 aliphatic heterocycles. The Morgan fingerprint density at radius 1 is 1.07 bits per heavy atom. The van der Waals surface area contributed by atoms with E-state index in [4.69, 9.17) is 4.98 Å². The average molecular weight is 418 g/mol. The van der Waals surface area contributed by atoms with Crippen molar-refractivity contribution in [2.75, 3.05) is 5.32 Å². The highest BCUT2D eigenvalue weighted by Gasteiger charge is 2.22. The fourth-order valence-electron chi connectivity index (χ4n) is 3.57. The normalized spacial score (nSPS) is 12.3. The van der Waals surface area contributed by atoms with Crippen molar-refractivity contribution in [1.29, 1.82) is 0 Å². The molecule has 29 heavy (non-hydrogen) atoms. The van der Waals surface area contributed by atoms with Gasteiger partial charge in [-0.05, 0) is 55.2 Å². The van der Waals surface area contributed by atoms with Crippen molar-refractivity contribution in [1.82, 2.24) is 9.97 Å². The second kappa shape index (κ2) is 7.63. The largest absolute Gasteiger partial charge is 0.325 e. The summed E-state index contributed by atoms with van der Waals surface area (Å²) in [4.78, 5) is 12.8. The molecule has 6 heteroatoms. The summed E-state index contributed by atoms with van der Waals surface area (Å²) in [5.41, 5.74) is 6.81. The van der Waals surface area contributed by atoms with Gasteiger partial charge in [0.15, 0.2) is 0 Å². The lowest BCUT2D eigenvalue weighted by atomic mass is 9.96. The van der Waals surface area contributed by atoms with Crippen molar-refractivity contribution >= 4 is 35.0 Å². The Balaban J connectivity index is 1.50. The molecule has 1 aliphatic rings. The third-order valence-corrected chi connectivity index (χ3v) is 6.79. The third kappa shape index (κ3) is 3.67. The van der Waals surface area contributed by atoms with Crippen LogP contribution in [0.4, 0.5) is 11.6 Å². The molecule has 0 unspecified atom stereocenters. The van der Waals surface area contributed by atoms with Gasteiger partial charge in [-0.1, -0.05) is 35.9 Å². The summed E-state index contributed by atoms with van der Waals surface area (Å²) >= 11 is 2.59. The highest BCUT2D eigenvalue weighted by molar-refractivity contribution is 7.93. The fourth-order valence-corrected chi connectivity index (χ4v) is 5.05. The summed E-state index contributed by atoms with van der Waals surface area (Å²) in [6.07, 6.45) is 3.93. The van der Waals surface area contributed by atoms with Crippen LogP contribution in [0.15, 0.2) is 65.7 Å². The Morgan fingerprint density at radius 2 is 1.93 bits per heavy atom. The zero-order valence-electron chi connectivity index (χ0n) is 15.8. The van der Waals surface area contributed by atoms with Crippen molar-refractivity contribution in [3.05, 3.63) is 76.8 Å². The van der Waals surface area contributed by atoms with Crippen molar-refractivity contribution in [3.63, 3.8) is 0 Å². The number of rotatable bonds is 4. The molecule has 0 saturated carbocycles. The Kier molecular flexibility index (Phi) is 4.83. The van der Waals surface area contributed by atoms with E-state index in [1.807, 2.05) is 41.8 Å². The Labute approximate surface area is 177 Å². The summed E-state index contributed by atoms with van der Waals surface area (Å²) in [6, 6.07) is 18.5. The molecular formula is C23H19N3OS2. The molecule has 0 saturated heterocycles. The molecule has 4 nitrogen and oxygen atoms in total. The maximum Gasteiger partial charge on any atom is 0.227 e. The number of fused-ring (bicyclic) bond motifs is 3. The van der Waals surface area contributed by atoms with Gasteiger partial charge < -0.3 is 9.87 Å². The molecule has 144 valence electrons. The smallest absolute Gasteiger partial charge is 0.227 e. The zero-order chi connectivity index (χ0) is 19.8. The van der Waals surface area contributed by atoms with Crippen molar-refractivity contribution < 1.29 is 4.55 Å². The van der Waals surface area contributed by atoms with Gasteiger partial charge >= 0.3 is 0 Å². The molecule has 0 bridgehead atoms. The first-order valence-electron chi connectivity index (χ1n) is 9.44. The van der Waals surface area contributed by atoms with Crippen molar-refractivity contribution in [2.24, 2.45) is 0 Å². The molecule has 4 aromatic rings. The van der Waals surface area contributed by atoms with Gasteiger partial charge in [0.05, 0.1) is 5.69 Å². The van der Waals surface area contributed by atoms with Crippen LogP contribution >= 0.6 is 23.4 Å². The first-order valence-corrected chi connectivity index (χ1v) is 11.0. The number of anilines is 2. The van der Waals surface area contributed by atoms with E-state index in [1.165, 1.54) is 32.0 Å². The number of aryl methyl sites for hydroxylation is 3. The van der Waals surface area contributed by atoms with Crippen molar-refractivity contribution in [3.8, 4) is 21.7 Å². The summed E-state index contributed by atoms with van der Waals surface area (Å²) in [7, 11) is 0. The van der Waals surface area contributed by atoms with E-state index >= 15 is 0 Å². The predicted octanol–water partition coefficient (Wildman–Crippen LogP) is 6.59. The number of hydrogen-bond acceptors (Lipinski definition) is 6. The Hall–Kier alpha value is -2.67. The topological polar surface area (TPSA) is 58.0 Å². The van der Waals surface area contributed by atoms with E-state index in [0.717, 1.165) is 41.2 Å². The van der Waals surface area contributed by atoms with Crippen molar-refractivity contribution in [2.45, 2.75) is 24.7 Å². The molecule has 1 aliphatic carbocycles. The summed E-state index contributed by atoms with van der Waals surface area (Å²) in [5, 5.41) is 3.26. The van der Waals surface area contributed by atoms with Crippen LogP contribution in [-0.4, -0.2) is 14.5 Å². The molecular weight excluding hydrogens is 398 g/mol. The van der Waals surface area contributed by atoms with Gasteiger partial charge in [0.1, 0.15) is 0 Å².